The van der Waals surface area contributed by atoms with Gasteiger partial charge in [0.15, 0.2) is 0 Å². The van der Waals surface area contributed by atoms with E-state index >= 15 is 0 Å². The first kappa shape index (κ1) is 9.23. The second-order valence-corrected chi connectivity index (χ2v) is 2.78. The van der Waals surface area contributed by atoms with Crippen molar-refractivity contribution in [2.75, 3.05) is 5.75 Å². The van der Waals surface area contributed by atoms with E-state index in [1.54, 1.807) is 0 Å². The number of thiocarbonyl (C=S) groups is 1. The molecule has 0 radical (unpaired) electrons. The Labute approximate surface area is 88.8 Å². The molecule has 8 heavy (non-hydrogen) atoms. The standard InChI is InChI=1S/C3H3NOS2.Gd/c5-2-1-7-3(6)4-2;/h1H2,(H,4,5,6);. The van der Waals surface area contributed by atoms with Crippen LogP contribution in [-0.4, -0.2) is 16.0 Å². The van der Waals surface area contributed by atoms with Crippen molar-refractivity contribution in [3.05, 3.63) is 0 Å². The quantitative estimate of drug-likeness (QED) is 0.643. The van der Waals surface area contributed by atoms with Gasteiger partial charge in [-0.3, -0.25) is 4.79 Å². The zero-order chi connectivity index (χ0) is 5.28. The fourth-order valence-electron chi connectivity index (χ4n) is 0.317. The van der Waals surface area contributed by atoms with E-state index in [0.29, 0.717) is 10.1 Å². The van der Waals surface area contributed by atoms with Crippen LogP contribution in [0, 0.1) is 39.9 Å². The molecular weight excluding hydrogens is 287 g/mol. The summed E-state index contributed by atoms with van der Waals surface area (Å²) in [6.07, 6.45) is 0. The molecule has 1 N–H and O–H groups in total. The number of nitrogens with one attached hydrogen (secondary N) is 1. The molecule has 0 bridgehead atoms. The van der Waals surface area contributed by atoms with Gasteiger partial charge >= 0.3 is 0 Å². The summed E-state index contributed by atoms with van der Waals surface area (Å²) in [5, 5.41) is 2.47. The first-order chi connectivity index (χ1) is 3.29. The van der Waals surface area contributed by atoms with Gasteiger partial charge in [-0.1, -0.05) is 24.0 Å². The maximum atomic E-state index is 10.2. The zero-order valence-electron chi connectivity index (χ0n) is 3.79. The first-order valence-corrected chi connectivity index (χ1v) is 3.15. The molecule has 0 aromatic carbocycles. The summed E-state index contributed by atoms with van der Waals surface area (Å²) in [6.45, 7) is 0. The summed E-state index contributed by atoms with van der Waals surface area (Å²) >= 11 is 6.00. The van der Waals surface area contributed by atoms with Crippen LogP contribution >= 0.6 is 24.0 Å². The van der Waals surface area contributed by atoms with Gasteiger partial charge in [0.05, 0.1) is 5.75 Å². The number of rotatable bonds is 0. The van der Waals surface area contributed by atoms with Crippen LogP contribution < -0.4 is 5.32 Å². The summed E-state index contributed by atoms with van der Waals surface area (Å²) in [5.74, 6) is 0.522. The van der Waals surface area contributed by atoms with E-state index in [2.05, 4.69) is 17.5 Å². The summed E-state index contributed by atoms with van der Waals surface area (Å²) in [5.41, 5.74) is 0. The summed E-state index contributed by atoms with van der Waals surface area (Å²) in [6, 6.07) is 0. The van der Waals surface area contributed by atoms with Gasteiger partial charge in [-0.15, -0.1) is 0 Å². The van der Waals surface area contributed by atoms with Gasteiger partial charge in [-0.05, 0) is 0 Å². The fraction of sp³-hybridized carbons (Fsp3) is 0.333. The number of amides is 1. The fourth-order valence-corrected chi connectivity index (χ4v) is 1.13. The van der Waals surface area contributed by atoms with Gasteiger partial charge in [0.25, 0.3) is 0 Å². The molecule has 1 amide bonds. The molecule has 0 aromatic heterocycles. The number of carbonyl (C=O) groups excluding carboxylic acids is 1. The van der Waals surface area contributed by atoms with E-state index in [4.69, 9.17) is 0 Å². The van der Waals surface area contributed by atoms with E-state index < -0.39 is 0 Å². The maximum absolute atomic E-state index is 10.2. The van der Waals surface area contributed by atoms with Crippen LogP contribution in [0.25, 0.3) is 0 Å². The maximum Gasteiger partial charge on any atom is 0.235 e. The summed E-state index contributed by atoms with van der Waals surface area (Å²) < 4.78 is 0.602. The largest absolute Gasteiger partial charge is 0.311 e. The van der Waals surface area contributed by atoms with E-state index in [0.717, 1.165) is 0 Å². The second kappa shape index (κ2) is 4.11. The third kappa shape index (κ3) is 2.68. The van der Waals surface area contributed by atoms with E-state index in [9.17, 15) is 4.79 Å². The van der Waals surface area contributed by atoms with Crippen LogP contribution in [0.4, 0.5) is 0 Å². The molecule has 0 aromatic rings. The minimum Gasteiger partial charge on any atom is -0.311 e. The molecule has 0 aliphatic carbocycles. The normalized spacial score (nSPS) is 17.5. The second-order valence-electron chi connectivity index (χ2n) is 1.12. The monoisotopic (exact) mass is 291 g/mol. The van der Waals surface area contributed by atoms with Gasteiger partial charge in [0, 0.05) is 39.9 Å². The number of thioether (sulfide) groups is 1. The minimum absolute atomic E-state index is 0. The Morgan fingerprint density at radius 1 is 1.75 bits per heavy atom. The van der Waals surface area contributed by atoms with Crippen molar-refractivity contribution in [2.24, 2.45) is 0 Å². The predicted molar refractivity (Wildman–Crippen MR) is 33.2 cm³/mol. The van der Waals surface area contributed by atoms with Crippen molar-refractivity contribution < 1.29 is 44.7 Å². The van der Waals surface area contributed by atoms with Crippen LogP contribution in [0.3, 0.4) is 0 Å². The first-order valence-electron chi connectivity index (χ1n) is 1.75. The van der Waals surface area contributed by atoms with Gasteiger partial charge in [-0.2, -0.15) is 0 Å². The average molecular weight is 290 g/mol. The average Bonchev–Trinajstić information content (AvgIpc) is 1.87. The van der Waals surface area contributed by atoms with E-state index in [1.807, 2.05) is 0 Å². The molecule has 1 fully saturated rings. The van der Waals surface area contributed by atoms with Crippen molar-refractivity contribution in [2.45, 2.75) is 0 Å². The van der Waals surface area contributed by atoms with Gasteiger partial charge in [0.1, 0.15) is 4.32 Å². The third-order valence-electron chi connectivity index (χ3n) is 0.576. The zero-order valence-corrected chi connectivity index (χ0v) is 7.69. The van der Waals surface area contributed by atoms with Crippen LogP contribution in [0.15, 0.2) is 0 Å². The molecule has 5 heteroatoms. The Hall–Kier alpha value is 1.23. The van der Waals surface area contributed by atoms with Crippen molar-refractivity contribution in [3.63, 3.8) is 0 Å². The van der Waals surface area contributed by atoms with Crippen LogP contribution in [0.5, 0.6) is 0 Å². The van der Waals surface area contributed by atoms with E-state index in [1.165, 1.54) is 11.8 Å². The molecule has 1 heterocycles. The minimum atomic E-state index is 0. The SMILES string of the molecule is O=C1CSC(=S)N1.[Gd]. The molecule has 46 valence electrons. The Morgan fingerprint density at radius 2 is 2.38 bits per heavy atom. The van der Waals surface area contributed by atoms with Gasteiger partial charge < -0.3 is 5.32 Å². The van der Waals surface area contributed by atoms with Crippen LogP contribution in [0.1, 0.15) is 0 Å². The Morgan fingerprint density at radius 3 is 2.50 bits per heavy atom. The molecule has 1 aliphatic rings. The molecule has 2 nitrogen and oxygen atoms in total. The predicted octanol–water partition coefficient (Wildman–Crippen LogP) is 0.134. The number of hydrogen-bond acceptors (Lipinski definition) is 3. The molecule has 1 saturated heterocycles. The van der Waals surface area contributed by atoms with Crippen molar-refractivity contribution in [3.8, 4) is 0 Å². The molecule has 0 unspecified atom stereocenters. The van der Waals surface area contributed by atoms with Gasteiger partial charge in [-0.25, -0.2) is 0 Å². The topological polar surface area (TPSA) is 29.1 Å². The van der Waals surface area contributed by atoms with Crippen molar-refractivity contribution >= 4 is 34.2 Å². The number of carbonyl (C=O) groups is 1. The van der Waals surface area contributed by atoms with Crippen molar-refractivity contribution in [1.29, 1.82) is 0 Å². The Balaban J connectivity index is 0.000000490. The van der Waals surface area contributed by atoms with Crippen molar-refractivity contribution in [1.82, 2.24) is 5.32 Å². The molecule has 0 atom stereocenters. The molecule has 0 spiro atoms. The van der Waals surface area contributed by atoms with Crippen LogP contribution in [-0.2, 0) is 4.79 Å². The molecule has 1 rings (SSSR count). The number of hydrogen-bond donors (Lipinski definition) is 1. The summed E-state index contributed by atoms with van der Waals surface area (Å²) in [4.78, 5) is 10.2. The van der Waals surface area contributed by atoms with Crippen LogP contribution in [0.2, 0.25) is 0 Å². The Kier molecular flexibility index (Phi) is 4.75. The molecule has 0 saturated carbocycles. The van der Waals surface area contributed by atoms with E-state index in [-0.39, 0.29) is 45.8 Å². The molecule has 1 aliphatic heterocycles. The van der Waals surface area contributed by atoms with Gasteiger partial charge in [0.2, 0.25) is 5.91 Å². The smallest absolute Gasteiger partial charge is 0.235 e. The summed E-state index contributed by atoms with van der Waals surface area (Å²) in [7, 11) is 0. The third-order valence-corrected chi connectivity index (χ3v) is 1.80. The molecular formula is C3H3GdNOS2. The Bertz CT molecular complexity index is 112.